The first-order valence-electron chi connectivity index (χ1n) is 8.58. The second-order valence-electron chi connectivity index (χ2n) is 6.24. The van der Waals surface area contributed by atoms with Crippen molar-refractivity contribution in [2.45, 2.75) is 13.8 Å². The Balaban J connectivity index is 1.83. The molecule has 1 N–H and O–H groups in total. The van der Waals surface area contributed by atoms with Crippen molar-refractivity contribution in [3.8, 4) is 16.9 Å². The zero-order chi connectivity index (χ0) is 18.8. The minimum absolute atomic E-state index is 0.539. The molecule has 0 radical (unpaired) electrons. The lowest BCUT2D eigenvalue weighted by molar-refractivity contribution is 1.02. The molecule has 0 saturated carbocycles. The van der Waals surface area contributed by atoms with Crippen LogP contribution >= 0.6 is 15.9 Å². The first-order chi connectivity index (χ1) is 13.1. The minimum atomic E-state index is 0.539. The highest BCUT2D eigenvalue weighted by atomic mass is 79.9. The highest BCUT2D eigenvalue weighted by Crippen LogP contribution is 2.29. The van der Waals surface area contributed by atoms with Gasteiger partial charge in [0.25, 0.3) is 0 Å². The molecule has 4 rings (SSSR count). The van der Waals surface area contributed by atoms with Gasteiger partial charge in [-0.15, -0.1) is 0 Å². The third-order valence-electron chi connectivity index (χ3n) is 4.12. The van der Waals surface area contributed by atoms with Crippen molar-refractivity contribution in [2.24, 2.45) is 0 Å². The van der Waals surface area contributed by atoms with E-state index in [0.29, 0.717) is 11.9 Å². The normalized spacial score (nSPS) is 10.8. The molecule has 27 heavy (non-hydrogen) atoms. The third kappa shape index (κ3) is 3.75. The topological polar surface area (TPSA) is 55.6 Å². The van der Waals surface area contributed by atoms with Crippen molar-refractivity contribution in [2.75, 3.05) is 5.32 Å². The van der Waals surface area contributed by atoms with Crippen molar-refractivity contribution >= 4 is 27.8 Å². The lowest BCUT2D eigenvalue weighted by atomic mass is 10.1. The Labute approximate surface area is 166 Å². The fraction of sp³-hybridized carbons (Fsp3) is 0.0952. The molecule has 0 aliphatic heterocycles. The van der Waals surface area contributed by atoms with Gasteiger partial charge < -0.3 is 0 Å². The number of aryl methyl sites for hydroxylation is 2. The molecule has 2 heterocycles. The van der Waals surface area contributed by atoms with Crippen molar-refractivity contribution in [3.05, 3.63) is 82.7 Å². The second kappa shape index (κ2) is 7.32. The van der Waals surface area contributed by atoms with E-state index in [4.69, 9.17) is 0 Å². The first-order valence-corrected chi connectivity index (χ1v) is 9.38. The number of nitrogens with zero attached hydrogens (tertiary/aromatic N) is 4. The van der Waals surface area contributed by atoms with Crippen molar-refractivity contribution < 1.29 is 0 Å². The number of aromatic nitrogens is 4. The van der Waals surface area contributed by atoms with Gasteiger partial charge in [-0.3, -0.25) is 9.88 Å². The van der Waals surface area contributed by atoms with Gasteiger partial charge in [-0.25, -0.2) is 15.0 Å². The van der Waals surface area contributed by atoms with Crippen LogP contribution in [0.15, 0.2) is 71.3 Å². The average molecular weight is 420 g/mol. The van der Waals surface area contributed by atoms with Gasteiger partial charge in [0.2, 0.25) is 11.9 Å². The van der Waals surface area contributed by atoms with E-state index in [1.54, 1.807) is 0 Å². The second-order valence-corrected chi connectivity index (χ2v) is 7.16. The van der Waals surface area contributed by atoms with E-state index in [-0.39, 0.29) is 0 Å². The predicted molar refractivity (Wildman–Crippen MR) is 111 cm³/mol. The number of hydrogen-bond donors (Lipinski definition) is 1. The van der Waals surface area contributed by atoms with Gasteiger partial charge in [0, 0.05) is 27.1 Å². The molecule has 0 aliphatic rings. The SMILES string of the molecule is Cc1cc(C)nc(Nc2ncc(-c3ccc(Br)cc3)n2-c2ccccc2)n1. The largest absolute Gasteiger partial charge is 0.294 e. The standard InChI is InChI=1S/C21H18BrN5/c1-14-12-15(2)25-20(24-14)26-21-23-13-19(16-8-10-17(22)11-9-16)27(21)18-6-4-3-5-7-18/h3-13H,1-2H3,(H,23,24,25,26). The van der Waals surface area contributed by atoms with Gasteiger partial charge in [0.15, 0.2) is 0 Å². The summed E-state index contributed by atoms with van der Waals surface area (Å²) in [6.45, 7) is 3.91. The average Bonchev–Trinajstić information content (AvgIpc) is 3.05. The summed E-state index contributed by atoms with van der Waals surface area (Å²) in [5, 5.41) is 3.27. The number of rotatable bonds is 4. The molecule has 0 unspecified atom stereocenters. The molecule has 0 fully saturated rings. The molecule has 5 nitrogen and oxygen atoms in total. The van der Waals surface area contributed by atoms with Crippen LogP contribution in [-0.4, -0.2) is 19.5 Å². The highest BCUT2D eigenvalue weighted by Gasteiger charge is 2.15. The van der Waals surface area contributed by atoms with Gasteiger partial charge in [-0.1, -0.05) is 46.3 Å². The van der Waals surface area contributed by atoms with Crippen LogP contribution in [0.4, 0.5) is 11.9 Å². The molecular weight excluding hydrogens is 402 g/mol. The van der Waals surface area contributed by atoms with Crippen molar-refractivity contribution in [1.82, 2.24) is 19.5 Å². The zero-order valence-corrected chi connectivity index (χ0v) is 16.6. The Morgan fingerprint density at radius 1 is 0.889 bits per heavy atom. The molecule has 0 amide bonds. The lowest BCUT2D eigenvalue weighted by Gasteiger charge is -2.13. The highest BCUT2D eigenvalue weighted by molar-refractivity contribution is 9.10. The molecule has 4 aromatic rings. The van der Waals surface area contributed by atoms with Crippen LogP contribution in [0.25, 0.3) is 16.9 Å². The molecule has 0 atom stereocenters. The third-order valence-corrected chi connectivity index (χ3v) is 4.65. The Hall–Kier alpha value is -2.99. The molecule has 6 heteroatoms. The van der Waals surface area contributed by atoms with Crippen LogP contribution < -0.4 is 5.32 Å². The number of hydrogen-bond acceptors (Lipinski definition) is 4. The Kier molecular flexibility index (Phi) is 4.73. The van der Waals surface area contributed by atoms with E-state index in [1.807, 2.05) is 56.4 Å². The number of anilines is 2. The zero-order valence-electron chi connectivity index (χ0n) is 15.0. The monoisotopic (exact) mass is 419 g/mol. The Morgan fingerprint density at radius 3 is 2.22 bits per heavy atom. The van der Waals surface area contributed by atoms with Crippen LogP contribution in [0.5, 0.6) is 0 Å². The first kappa shape index (κ1) is 17.4. The maximum absolute atomic E-state index is 4.61. The van der Waals surface area contributed by atoms with Gasteiger partial charge >= 0.3 is 0 Å². The van der Waals surface area contributed by atoms with Crippen LogP contribution in [0, 0.1) is 13.8 Å². The summed E-state index contributed by atoms with van der Waals surface area (Å²) in [6.07, 6.45) is 1.86. The van der Waals surface area contributed by atoms with E-state index in [9.17, 15) is 0 Å². The summed E-state index contributed by atoms with van der Waals surface area (Å²) in [7, 11) is 0. The van der Waals surface area contributed by atoms with Gasteiger partial charge in [-0.2, -0.15) is 0 Å². The van der Waals surface area contributed by atoms with E-state index in [1.165, 1.54) is 0 Å². The summed E-state index contributed by atoms with van der Waals surface area (Å²) in [4.78, 5) is 13.6. The van der Waals surface area contributed by atoms with E-state index >= 15 is 0 Å². The van der Waals surface area contributed by atoms with Crippen LogP contribution in [0.3, 0.4) is 0 Å². The fourth-order valence-corrected chi connectivity index (χ4v) is 3.25. The number of halogens is 1. The summed E-state index contributed by atoms with van der Waals surface area (Å²) in [6, 6.07) is 20.3. The number of imidazole rings is 1. The summed E-state index contributed by atoms with van der Waals surface area (Å²) in [5.74, 6) is 1.21. The van der Waals surface area contributed by atoms with Crippen molar-refractivity contribution in [3.63, 3.8) is 0 Å². The van der Waals surface area contributed by atoms with Crippen LogP contribution in [0.2, 0.25) is 0 Å². The molecule has 2 aromatic carbocycles. The van der Waals surface area contributed by atoms with Gasteiger partial charge in [0.05, 0.1) is 11.9 Å². The molecule has 134 valence electrons. The molecular formula is C21H18BrN5. The van der Waals surface area contributed by atoms with E-state index < -0.39 is 0 Å². The summed E-state index contributed by atoms with van der Waals surface area (Å²) >= 11 is 3.49. The molecule has 0 bridgehead atoms. The summed E-state index contributed by atoms with van der Waals surface area (Å²) < 4.78 is 3.11. The molecule has 0 aliphatic carbocycles. The van der Waals surface area contributed by atoms with E-state index in [2.05, 4.69) is 65.0 Å². The van der Waals surface area contributed by atoms with Gasteiger partial charge in [0.1, 0.15) is 0 Å². The predicted octanol–water partition coefficient (Wildman–Crippen LogP) is 5.45. The fourth-order valence-electron chi connectivity index (χ4n) is 2.98. The maximum Gasteiger partial charge on any atom is 0.229 e. The minimum Gasteiger partial charge on any atom is -0.294 e. The Bertz CT molecular complexity index is 1050. The number of para-hydroxylation sites is 1. The lowest BCUT2D eigenvalue weighted by Crippen LogP contribution is -2.06. The maximum atomic E-state index is 4.61. The number of nitrogens with one attached hydrogen (secondary N) is 1. The van der Waals surface area contributed by atoms with Crippen LogP contribution in [0.1, 0.15) is 11.4 Å². The molecule has 0 spiro atoms. The quantitative estimate of drug-likeness (QED) is 0.477. The van der Waals surface area contributed by atoms with Crippen LogP contribution in [-0.2, 0) is 0 Å². The molecule has 2 aromatic heterocycles. The summed E-state index contributed by atoms with van der Waals surface area (Å²) in [5.41, 5.74) is 4.90. The molecule has 0 saturated heterocycles. The van der Waals surface area contributed by atoms with E-state index in [0.717, 1.165) is 32.8 Å². The number of benzene rings is 2. The van der Waals surface area contributed by atoms with Crippen molar-refractivity contribution in [1.29, 1.82) is 0 Å². The van der Waals surface area contributed by atoms with Gasteiger partial charge in [-0.05, 0) is 44.2 Å². The Morgan fingerprint density at radius 2 is 1.56 bits per heavy atom. The smallest absolute Gasteiger partial charge is 0.229 e.